The molecule has 1 amide bonds. The lowest BCUT2D eigenvalue weighted by Gasteiger charge is -2.22. The van der Waals surface area contributed by atoms with E-state index in [1.807, 2.05) is 44.4 Å². The van der Waals surface area contributed by atoms with Gasteiger partial charge < -0.3 is 15.1 Å². The number of nitrogens with zero attached hydrogens (tertiary/aromatic N) is 3. The van der Waals surface area contributed by atoms with Gasteiger partial charge in [-0.3, -0.25) is 9.79 Å². The van der Waals surface area contributed by atoms with E-state index in [0.29, 0.717) is 19.5 Å². The number of carbonyl (C=O) groups is 1. The van der Waals surface area contributed by atoms with E-state index >= 15 is 0 Å². The van der Waals surface area contributed by atoms with Gasteiger partial charge in [-0.25, -0.2) is 0 Å². The molecule has 0 bridgehead atoms. The van der Waals surface area contributed by atoms with Gasteiger partial charge in [-0.2, -0.15) is 0 Å². The summed E-state index contributed by atoms with van der Waals surface area (Å²) in [6.45, 7) is 4.38. The number of unbranched alkanes of at least 4 members (excludes halogenated alkanes) is 1. The zero-order valence-electron chi connectivity index (χ0n) is 14.9. The van der Waals surface area contributed by atoms with Crippen LogP contribution >= 0.6 is 0 Å². The summed E-state index contributed by atoms with van der Waals surface area (Å²) in [4.78, 5) is 20.3. The van der Waals surface area contributed by atoms with Crippen LogP contribution in [-0.2, 0) is 11.3 Å². The molecule has 0 fully saturated rings. The van der Waals surface area contributed by atoms with E-state index in [9.17, 15) is 4.79 Å². The molecule has 5 nitrogen and oxygen atoms in total. The molecule has 1 N–H and O–H groups in total. The van der Waals surface area contributed by atoms with Crippen LogP contribution in [0.5, 0.6) is 0 Å². The van der Waals surface area contributed by atoms with Gasteiger partial charge in [-0.15, -0.1) is 0 Å². The molecule has 0 heterocycles. The molecule has 0 aromatic heterocycles. The summed E-state index contributed by atoms with van der Waals surface area (Å²) in [6.07, 6.45) is 2.75. The van der Waals surface area contributed by atoms with Crippen molar-refractivity contribution in [3.05, 3.63) is 35.9 Å². The maximum Gasteiger partial charge on any atom is 0.224 e. The van der Waals surface area contributed by atoms with Crippen molar-refractivity contribution in [2.75, 3.05) is 34.2 Å². The lowest BCUT2D eigenvalue weighted by molar-refractivity contribution is -0.130. The lowest BCUT2D eigenvalue weighted by Crippen LogP contribution is -2.41. The predicted octanol–water partition coefficient (Wildman–Crippen LogP) is 2.34. The summed E-state index contributed by atoms with van der Waals surface area (Å²) in [6, 6.07) is 10.0. The minimum atomic E-state index is 0.132. The lowest BCUT2D eigenvalue weighted by atomic mass is 10.2. The van der Waals surface area contributed by atoms with E-state index in [0.717, 1.165) is 30.9 Å². The highest BCUT2D eigenvalue weighted by molar-refractivity contribution is 5.81. The molecule has 5 heteroatoms. The zero-order chi connectivity index (χ0) is 17.1. The number of nitrogens with one attached hydrogen (secondary N) is 1. The molecule has 0 saturated heterocycles. The standard InChI is InChI=1S/C18H30N4O/c1-5-6-14-21(3)18(19-2)20-13-12-17(23)22(4)15-16-10-8-7-9-11-16/h7-11H,5-6,12-15H2,1-4H3,(H,19,20). The van der Waals surface area contributed by atoms with Gasteiger partial charge in [0, 0.05) is 47.2 Å². The van der Waals surface area contributed by atoms with E-state index in [1.54, 1.807) is 11.9 Å². The predicted molar refractivity (Wildman–Crippen MR) is 96.4 cm³/mol. The molecular formula is C18H30N4O. The van der Waals surface area contributed by atoms with Crippen LogP contribution in [0.4, 0.5) is 0 Å². The van der Waals surface area contributed by atoms with Crippen LogP contribution in [0.2, 0.25) is 0 Å². The third-order valence-electron chi connectivity index (χ3n) is 3.73. The van der Waals surface area contributed by atoms with Gasteiger partial charge in [0.1, 0.15) is 0 Å². The van der Waals surface area contributed by atoms with Crippen molar-refractivity contribution in [1.29, 1.82) is 0 Å². The van der Waals surface area contributed by atoms with Crippen LogP contribution in [0.25, 0.3) is 0 Å². The van der Waals surface area contributed by atoms with E-state index in [-0.39, 0.29) is 5.91 Å². The first-order chi connectivity index (χ1) is 11.1. The van der Waals surface area contributed by atoms with Crippen molar-refractivity contribution in [2.24, 2.45) is 4.99 Å². The van der Waals surface area contributed by atoms with Crippen molar-refractivity contribution in [1.82, 2.24) is 15.1 Å². The van der Waals surface area contributed by atoms with Crippen LogP contribution < -0.4 is 5.32 Å². The van der Waals surface area contributed by atoms with Crippen molar-refractivity contribution < 1.29 is 4.79 Å². The third-order valence-corrected chi connectivity index (χ3v) is 3.73. The molecule has 1 aromatic carbocycles. The Morgan fingerprint density at radius 2 is 1.87 bits per heavy atom. The number of rotatable bonds is 8. The summed E-state index contributed by atoms with van der Waals surface area (Å²) < 4.78 is 0. The first-order valence-corrected chi connectivity index (χ1v) is 8.28. The highest BCUT2D eigenvalue weighted by atomic mass is 16.2. The van der Waals surface area contributed by atoms with Crippen LogP contribution in [0.1, 0.15) is 31.7 Å². The van der Waals surface area contributed by atoms with Crippen LogP contribution in [0.15, 0.2) is 35.3 Å². The maximum atomic E-state index is 12.2. The molecule has 0 atom stereocenters. The number of aliphatic imine (C=N–C) groups is 1. The number of carbonyl (C=O) groups excluding carboxylic acids is 1. The van der Waals surface area contributed by atoms with Gasteiger partial charge in [0.05, 0.1) is 0 Å². The minimum absolute atomic E-state index is 0.132. The second-order valence-corrected chi connectivity index (χ2v) is 5.73. The van der Waals surface area contributed by atoms with Crippen molar-refractivity contribution in [3.8, 4) is 0 Å². The highest BCUT2D eigenvalue weighted by Crippen LogP contribution is 2.03. The Balaban J connectivity index is 2.34. The van der Waals surface area contributed by atoms with E-state index in [2.05, 4.69) is 22.1 Å². The second-order valence-electron chi connectivity index (χ2n) is 5.73. The molecule has 23 heavy (non-hydrogen) atoms. The molecule has 0 spiro atoms. The smallest absolute Gasteiger partial charge is 0.224 e. The molecule has 1 rings (SSSR count). The van der Waals surface area contributed by atoms with Crippen LogP contribution in [0.3, 0.4) is 0 Å². The number of benzene rings is 1. The normalized spacial score (nSPS) is 11.2. The van der Waals surface area contributed by atoms with E-state index < -0.39 is 0 Å². The molecule has 0 aliphatic carbocycles. The van der Waals surface area contributed by atoms with Crippen molar-refractivity contribution >= 4 is 11.9 Å². The Bertz CT molecular complexity index is 487. The Hall–Kier alpha value is -2.04. The summed E-state index contributed by atoms with van der Waals surface area (Å²) in [7, 11) is 5.64. The fourth-order valence-electron chi connectivity index (χ4n) is 2.30. The Morgan fingerprint density at radius 1 is 1.17 bits per heavy atom. The molecule has 0 saturated carbocycles. The van der Waals surface area contributed by atoms with Gasteiger partial charge in [0.2, 0.25) is 5.91 Å². The SMILES string of the molecule is CCCCN(C)C(=NC)NCCC(=O)N(C)Cc1ccccc1. The first-order valence-electron chi connectivity index (χ1n) is 8.28. The van der Waals surface area contributed by atoms with Crippen molar-refractivity contribution in [2.45, 2.75) is 32.7 Å². The topological polar surface area (TPSA) is 47.9 Å². The largest absolute Gasteiger partial charge is 0.356 e. The molecular weight excluding hydrogens is 288 g/mol. The third kappa shape index (κ3) is 7.17. The average Bonchev–Trinajstić information content (AvgIpc) is 2.57. The molecule has 0 aliphatic heterocycles. The van der Waals surface area contributed by atoms with Crippen LogP contribution in [0, 0.1) is 0 Å². The number of hydrogen-bond donors (Lipinski definition) is 1. The van der Waals surface area contributed by atoms with Gasteiger partial charge >= 0.3 is 0 Å². The van der Waals surface area contributed by atoms with E-state index in [4.69, 9.17) is 0 Å². The summed E-state index contributed by atoms with van der Waals surface area (Å²) in [5, 5.41) is 3.26. The molecule has 0 radical (unpaired) electrons. The van der Waals surface area contributed by atoms with Gasteiger partial charge in [-0.1, -0.05) is 43.7 Å². The quantitative estimate of drug-likeness (QED) is 0.591. The van der Waals surface area contributed by atoms with E-state index in [1.165, 1.54) is 0 Å². The summed E-state index contributed by atoms with van der Waals surface area (Å²) in [5.41, 5.74) is 1.14. The van der Waals surface area contributed by atoms with Gasteiger partial charge in [0.15, 0.2) is 5.96 Å². The monoisotopic (exact) mass is 318 g/mol. The van der Waals surface area contributed by atoms with Crippen molar-refractivity contribution in [3.63, 3.8) is 0 Å². The van der Waals surface area contributed by atoms with Gasteiger partial charge in [-0.05, 0) is 12.0 Å². The minimum Gasteiger partial charge on any atom is -0.356 e. The highest BCUT2D eigenvalue weighted by Gasteiger charge is 2.10. The molecule has 0 aliphatic rings. The fourth-order valence-corrected chi connectivity index (χ4v) is 2.30. The Morgan fingerprint density at radius 3 is 2.48 bits per heavy atom. The number of hydrogen-bond acceptors (Lipinski definition) is 2. The molecule has 1 aromatic rings. The number of amides is 1. The summed E-state index contributed by atoms with van der Waals surface area (Å²) >= 11 is 0. The zero-order valence-corrected chi connectivity index (χ0v) is 14.9. The second kappa shape index (κ2) is 10.6. The maximum absolute atomic E-state index is 12.2. The van der Waals surface area contributed by atoms with Crippen LogP contribution in [-0.4, -0.2) is 55.9 Å². The first kappa shape index (κ1) is 19.0. The van der Waals surface area contributed by atoms with Gasteiger partial charge in [0.25, 0.3) is 0 Å². The Labute approximate surface area is 140 Å². The average molecular weight is 318 g/mol. The molecule has 128 valence electrons. The fraction of sp³-hybridized carbons (Fsp3) is 0.556. The molecule has 0 unspecified atom stereocenters. The number of guanidine groups is 1. The Kier molecular flexibility index (Phi) is 8.80. The summed E-state index contributed by atoms with van der Waals surface area (Å²) in [5.74, 6) is 0.977.